The molecule has 0 spiro atoms. The maximum Gasteiger partial charge on any atom is 0.404 e. The highest BCUT2D eigenvalue weighted by atomic mass is 16.6. The van der Waals surface area contributed by atoms with E-state index in [-0.39, 0.29) is 13.2 Å². The fourth-order valence-electron chi connectivity index (χ4n) is 1.60. The van der Waals surface area contributed by atoms with Gasteiger partial charge in [-0.05, 0) is 6.42 Å². The summed E-state index contributed by atoms with van der Waals surface area (Å²) in [6.45, 7) is 6.12. The standard InChI is InChI=1S/C16H33NO9/c18-3-1-4-21-6-8-23-10-12-25-14-15-26-13-11-24-9-7-22-5-2-17-16(19)20/h17-18H,1-15H2,(H,19,20). The summed E-state index contributed by atoms with van der Waals surface area (Å²) in [5.74, 6) is 0. The van der Waals surface area contributed by atoms with Gasteiger partial charge in [0, 0.05) is 19.8 Å². The van der Waals surface area contributed by atoms with Crippen LogP contribution in [0.4, 0.5) is 4.79 Å². The SMILES string of the molecule is O=C(O)NCCOCCOCCOCCOCCOCCOCCCO. The summed E-state index contributed by atoms with van der Waals surface area (Å²) in [6, 6.07) is 0. The third-order valence-corrected chi connectivity index (χ3v) is 2.83. The Morgan fingerprint density at radius 3 is 1.31 bits per heavy atom. The average molecular weight is 383 g/mol. The number of aliphatic hydroxyl groups excluding tert-OH is 1. The zero-order valence-corrected chi connectivity index (χ0v) is 15.4. The second kappa shape index (κ2) is 22.0. The molecule has 0 saturated carbocycles. The molecule has 10 nitrogen and oxygen atoms in total. The highest BCUT2D eigenvalue weighted by Crippen LogP contribution is 1.85. The normalized spacial score (nSPS) is 11.0. The van der Waals surface area contributed by atoms with E-state index in [1.807, 2.05) is 0 Å². The summed E-state index contributed by atoms with van der Waals surface area (Å²) in [5, 5.41) is 19.1. The molecule has 0 saturated heterocycles. The van der Waals surface area contributed by atoms with Crippen molar-refractivity contribution in [3.8, 4) is 0 Å². The lowest BCUT2D eigenvalue weighted by atomic mass is 10.5. The van der Waals surface area contributed by atoms with Crippen molar-refractivity contribution in [3.05, 3.63) is 0 Å². The Kier molecular flexibility index (Phi) is 21.2. The first-order valence-electron chi connectivity index (χ1n) is 8.81. The van der Waals surface area contributed by atoms with Crippen molar-refractivity contribution in [1.29, 1.82) is 0 Å². The molecule has 0 heterocycles. The summed E-state index contributed by atoms with van der Waals surface area (Å²) >= 11 is 0. The topological polar surface area (TPSA) is 125 Å². The quantitative estimate of drug-likeness (QED) is 0.230. The minimum Gasteiger partial charge on any atom is -0.465 e. The van der Waals surface area contributed by atoms with Crippen molar-refractivity contribution in [1.82, 2.24) is 5.32 Å². The first kappa shape index (κ1) is 25.0. The number of aliphatic hydroxyl groups is 1. The van der Waals surface area contributed by atoms with Crippen LogP contribution < -0.4 is 5.32 Å². The number of ether oxygens (including phenoxy) is 6. The molecule has 3 N–H and O–H groups in total. The first-order chi connectivity index (χ1) is 12.8. The molecule has 0 aliphatic rings. The lowest BCUT2D eigenvalue weighted by Gasteiger charge is -2.08. The van der Waals surface area contributed by atoms with Gasteiger partial charge in [0.2, 0.25) is 0 Å². The minimum absolute atomic E-state index is 0.144. The van der Waals surface area contributed by atoms with Crippen molar-refractivity contribution in [2.45, 2.75) is 6.42 Å². The van der Waals surface area contributed by atoms with E-state index in [1.165, 1.54) is 0 Å². The van der Waals surface area contributed by atoms with Gasteiger partial charge in [0.25, 0.3) is 0 Å². The molecule has 0 aromatic heterocycles. The Hall–Kier alpha value is -1.01. The second-order valence-electron chi connectivity index (χ2n) is 4.98. The van der Waals surface area contributed by atoms with Crippen molar-refractivity contribution in [3.63, 3.8) is 0 Å². The molecule has 0 aromatic carbocycles. The van der Waals surface area contributed by atoms with E-state index in [9.17, 15) is 4.79 Å². The zero-order chi connectivity index (χ0) is 19.1. The second-order valence-corrected chi connectivity index (χ2v) is 4.98. The van der Waals surface area contributed by atoms with Gasteiger partial charge in [-0.1, -0.05) is 0 Å². The Morgan fingerprint density at radius 1 is 0.615 bits per heavy atom. The van der Waals surface area contributed by atoms with Crippen LogP contribution in [-0.4, -0.2) is 109 Å². The van der Waals surface area contributed by atoms with Crippen LogP contribution in [0.25, 0.3) is 0 Å². The molecule has 0 aliphatic carbocycles. The summed E-state index contributed by atoms with van der Waals surface area (Å²) in [4.78, 5) is 10.2. The fourth-order valence-corrected chi connectivity index (χ4v) is 1.60. The molecule has 156 valence electrons. The van der Waals surface area contributed by atoms with Crippen LogP contribution in [0.1, 0.15) is 6.42 Å². The lowest BCUT2D eigenvalue weighted by molar-refractivity contribution is -0.0169. The van der Waals surface area contributed by atoms with Crippen LogP contribution >= 0.6 is 0 Å². The Bertz CT molecular complexity index is 295. The predicted octanol–water partition coefficient (Wildman–Crippen LogP) is -0.264. The number of carbonyl (C=O) groups is 1. The monoisotopic (exact) mass is 383 g/mol. The molecule has 0 bridgehead atoms. The largest absolute Gasteiger partial charge is 0.465 e. The van der Waals surface area contributed by atoms with Crippen molar-refractivity contribution >= 4 is 6.09 Å². The van der Waals surface area contributed by atoms with Gasteiger partial charge in [-0.25, -0.2) is 4.79 Å². The number of hydrogen-bond acceptors (Lipinski definition) is 8. The number of amides is 1. The highest BCUT2D eigenvalue weighted by molar-refractivity contribution is 5.64. The Labute approximate surface area is 154 Å². The van der Waals surface area contributed by atoms with Gasteiger partial charge in [0.05, 0.1) is 72.7 Å². The van der Waals surface area contributed by atoms with Gasteiger partial charge < -0.3 is 44.0 Å². The van der Waals surface area contributed by atoms with Crippen LogP contribution in [0.15, 0.2) is 0 Å². The average Bonchev–Trinajstić information content (AvgIpc) is 2.62. The maximum atomic E-state index is 10.2. The van der Waals surface area contributed by atoms with Gasteiger partial charge >= 0.3 is 6.09 Å². The van der Waals surface area contributed by atoms with Gasteiger partial charge in [0.1, 0.15) is 0 Å². The van der Waals surface area contributed by atoms with Gasteiger partial charge in [-0.15, -0.1) is 0 Å². The van der Waals surface area contributed by atoms with E-state index < -0.39 is 6.09 Å². The molecule has 26 heavy (non-hydrogen) atoms. The van der Waals surface area contributed by atoms with Crippen LogP contribution in [0.3, 0.4) is 0 Å². The van der Waals surface area contributed by atoms with Gasteiger partial charge in [-0.3, -0.25) is 0 Å². The van der Waals surface area contributed by atoms with Crippen molar-refractivity contribution < 1.29 is 43.4 Å². The van der Waals surface area contributed by atoms with Crippen LogP contribution in [0, 0.1) is 0 Å². The molecular formula is C16H33NO9. The van der Waals surface area contributed by atoms with E-state index in [1.54, 1.807) is 0 Å². The molecular weight excluding hydrogens is 350 g/mol. The van der Waals surface area contributed by atoms with E-state index in [2.05, 4.69) is 5.32 Å². The van der Waals surface area contributed by atoms with Crippen molar-refractivity contribution in [2.75, 3.05) is 92.4 Å². The number of rotatable bonds is 21. The summed E-state index contributed by atoms with van der Waals surface area (Å²) < 4.78 is 31.7. The summed E-state index contributed by atoms with van der Waals surface area (Å²) in [5.41, 5.74) is 0. The summed E-state index contributed by atoms with van der Waals surface area (Å²) in [6.07, 6.45) is -0.410. The zero-order valence-electron chi connectivity index (χ0n) is 15.4. The van der Waals surface area contributed by atoms with Gasteiger partial charge in [-0.2, -0.15) is 0 Å². The van der Waals surface area contributed by atoms with E-state index in [0.29, 0.717) is 85.7 Å². The third kappa shape index (κ3) is 23.0. The number of nitrogens with one attached hydrogen (secondary N) is 1. The predicted molar refractivity (Wildman–Crippen MR) is 92.6 cm³/mol. The highest BCUT2D eigenvalue weighted by Gasteiger charge is 1.95. The number of carboxylic acid groups (broad SMARTS) is 1. The Balaban J connectivity index is 2.98. The van der Waals surface area contributed by atoms with Crippen LogP contribution in [0.5, 0.6) is 0 Å². The summed E-state index contributed by atoms with van der Waals surface area (Å²) in [7, 11) is 0. The molecule has 0 fully saturated rings. The van der Waals surface area contributed by atoms with E-state index in [4.69, 9.17) is 38.6 Å². The number of hydrogen-bond donors (Lipinski definition) is 3. The maximum absolute atomic E-state index is 10.2. The molecule has 1 amide bonds. The van der Waals surface area contributed by atoms with Crippen LogP contribution in [-0.2, 0) is 28.4 Å². The third-order valence-electron chi connectivity index (χ3n) is 2.83. The smallest absolute Gasteiger partial charge is 0.404 e. The molecule has 0 rings (SSSR count). The minimum atomic E-state index is -1.06. The van der Waals surface area contributed by atoms with E-state index in [0.717, 1.165) is 0 Å². The molecule has 0 radical (unpaired) electrons. The van der Waals surface area contributed by atoms with E-state index >= 15 is 0 Å². The molecule has 0 unspecified atom stereocenters. The van der Waals surface area contributed by atoms with Gasteiger partial charge in [0.15, 0.2) is 0 Å². The molecule has 0 atom stereocenters. The molecule has 0 aromatic rings. The Morgan fingerprint density at radius 2 is 0.962 bits per heavy atom. The van der Waals surface area contributed by atoms with Crippen molar-refractivity contribution in [2.24, 2.45) is 0 Å². The molecule has 0 aliphatic heterocycles. The molecule has 10 heteroatoms. The first-order valence-corrected chi connectivity index (χ1v) is 8.81. The fraction of sp³-hybridized carbons (Fsp3) is 0.938. The van der Waals surface area contributed by atoms with Crippen LogP contribution in [0.2, 0.25) is 0 Å². The lowest BCUT2D eigenvalue weighted by Crippen LogP contribution is -2.25.